The number of nitrogens with zero attached hydrogens (tertiary/aromatic N) is 4. The summed E-state index contributed by atoms with van der Waals surface area (Å²) in [6.45, 7) is 3.63. The minimum atomic E-state index is 0.778. The van der Waals surface area contributed by atoms with E-state index in [0.717, 1.165) is 30.6 Å². The molecule has 3 aromatic heterocycles. The maximum Gasteiger partial charge on any atom is 0.176 e. The van der Waals surface area contributed by atoms with Gasteiger partial charge in [-0.2, -0.15) is 0 Å². The first-order valence-corrected chi connectivity index (χ1v) is 6.50. The molecule has 0 radical (unpaired) electrons. The summed E-state index contributed by atoms with van der Waals surface area (Å²) in [6, 6.07) is 4.01. The van der Waals surface area contributed by atoms with Crippen molar-refractivity contribution in [2.45, 2.75) is 13.5 Å². The van der Waals surface area contributed by atoms with E-state index < -0.39 is 0 Å². The van der Waals surface area contributed by atoms with Crippen molar-refractivity contribution in [1.29, 1.82) is 0 Å². The molecule has 0 bridgehead atoms. The smallest absolute Gasteiger partial charge is 0.176 e. The van der Waals surface area contributed by atoms with E-state index in [2.05, 4.69) is 36.7 Å². The average molecular weight is 268 g/mol. The summed E-state index contributed by atoms with van der Waals surface area (Å²) in [5, 5.41) is 3.31. The highest BCUT2D eigenvalue weighted by Gasteiger charge is 2.07. The second-order valence-electron chi connectivity index (χ2n) is 4.53. The van der Waals surface area contributed by atoms with Crippen molar-refractivity contribution in [3.63, 3.8) is 0 Å². The number of aromatic nitrogens is 5. The topological polar surface area (TPSA) is 71.4 Å². The molecule has 0 saturated carbocycles. The van der Waals surface area contributed by atoms with Gasteiger partial charge in [0, 0.05) is 44.1 Å². The number of rotatable bonds is 5. The maximum atomic E-state index is 4.32. The average Bonchev–Trinajstić information content (AvgIpc) is 3.09. The van der Waals surface area contributed by atoms with Crippen LogP contribution in [-0.2, 0) is 6.54 Å². The van der Waals surface area contributed by atoms with Crippen LogP contribution in [0, 0.1) is 6.92 Å². The molecule has 6 heteroatoms. The molecule has 20 heavy (non-hydrogen) atoms. The van der Waals surface area contributed by atoms with E-state index in [4.69, 9.17) is 0 Å². The van der Waals surface area contributed by atoms with Crippen LogP contribution >= 0.6 is 0 Å². The van der Waals surface area contributed by atoms with Crippen molar-refractivity contribution in [2.75, 3.05) is 11.9 Å². The van der Waals surface area contributed by atoms with Crippen LogP contribution in [0.15, 0.2) is 43.1 Å². The van der Waals surface area contributed by atoms with Crippen molar-refractivity contribution in [2.24, 2.45) is 0 Å². The van der Waals surface area contributed by atoms with Crippen LogP contribution in [0.3, 0.4) is 0 Å². The summed E-state index contributed by atoms with van der Waals surface area (Å²) in [5.74, 6) is 2.52. The highest BCUT2D eigenvalue weighted by Crippen LogP contribution is 2.11. The van der Waals surface area contributed by atoms with Gasteiger partial charge < -0.3 is 14.9 Å². The summed E-state index contributed by atoms with van der Waals surface area (Å²) >= 11 is 0. The molecule has 0 spiro atoms. The van der Waals surface area contributed by atoms with Crippen molar-refractivity contribution in [1.82, 2.24) is 24.5 Å². The van der Waals surface area contributed by atoms with Gasteiger partial charge in [-0.25, -0.2) is 15.0 Å². The number of H-pyrrole nitrogens is 1. The molecule has 0 aliphatic rings. The lowest BCUT2D eigenvalue weighted by molar-refractivity contribution is 0.729. The molecular formula is C14H16N6. The Hall–Kier alpha value is -2.63. The summed E-state index contributed by atoms with van der Waals surface area (Å²) in [7, 11) is 0. The Morgan fingerprint density at radius 3 is 2.95 bits per heavy atom. The lowest BCUT2D eigenvalue weighted by Crippen LogP contribution is -2.12. The fourth-order valence-corrected chi connectivity index (χ4v) is 2.03. The Morgan fingerprint density at radius 1 is 1.20 bits per heavy atom. The fourth-order valence-electron chi connectivity index (χ4n) is 2.03. The van der Waals surface area contributed by atoms with Gasteiger partial charge in [0.05, 0.1) is 0 Å². The summed E-state index contributed by atoms with van der Waals surface area (Å²) in [4.78, 5) is 15.9. The monoisotopic (exact) mass is 268 g/mol. The Balaban J connectivity index is 1.64. The predicted octanol–water partition coefficient (Wildman–Crippen LogP) is 2.09. The minimum Gasteiger partial charge on any atom is -0.368 e. The molecule has 2 N–H and O–H groups in total. The molecule has 3 heterocycles. The van der Waals surface area contributed by atoms with E-state index in [1.807, 2.05) is 24.5 Å². The first kappa shape index (κ1) is 12.4. The van der Waals surface area contributed by atoms with Gasteiger partial charge in [-0.15, -0.1) is 0 Å². The van der Waals surface area contributed by atoms with E-state index in [0.29, 0.717) is 0 Å². The van der Waals surface area contributed by atoms with Crippen LogP contribution in [0.5, 0.6) is 0 Å². The first-order chi connectivity index (χ1) is 9.83. The summed E-state index contributed by atoms with van der Waals surface area (Å²) < 4.78 is 2.06. The Morgan fingerprint density at radius 2 is 2.15 bits per heavy atom. The second-order valence-corrected chi connectivity index (χ2v) is 4.53. The molecule has 6 nitrogen and oxygen atoms in total. The van der Waals surface area contributed by atoms with Crippen LogP contribution in [0.4, 0.5) is 5.82 Å². The zero-order valence-corrected chi connectivity index (χ0v) is 11.2. The van der Waals surface area contributed by atoms with Crippen molar-refractivity contribution < 1.29 is 0 Å². The number of imidazole rings is 2. The molecule has 0 fully saturated rings. The molecule has 0 saturated heterocycles. The lowest BCUT2D eigenvalue weighted by Gasteiger charge is -2.08. The summed E-state index contributed by atoms with van der Waals surface area (Å²) in [6.07, 6.45) is 9.06. The van der Waals surface area contributed by atoms with Crippen molar-refractivity contribution >= 4 is 5.82 Å². The molecule has 0 aliphatic carbocycles. The van der Waals surface area contributed by atoms with Crippen molar-refractivity contribution in [3.05, 3.63) is 48.7 Å². The zero-order valence-electron chi connectivity index (χ0n) is 11.2. The highest BCUT2D eigenvalue weighted by atomic mass is 15.1. The van der Waals surface area contributed by atoms with Crippen LogP contribution in [0.1, 0.15) is 5.56 Å². The molecular weight excluding hydrogens is 252 g/mol. The van der Waals surface area contributed by atoms with Gasteiger partial charge in [-0.1, -0.05) is 0 Å². The van der Waals surface area contributed by atoms with Gasteiger partial charge in [-0.3, -0.25) is 0 Å². The number of pyridine rings is 1. The Labute approximate surface area is 116 Å². The molecule has 0 unspecified atom stereocenters. The van der Waals surface area contributed by atoms with Gasteiger partial charge >= 0.3 is 0 Å². The standard InChI is InChI=1S/C14H16N6/c1-11-2-3-15-12(10-11)16-6-8-20-9-7-19-14(20)13-17-4-5-18-13/h2-5,7,9-10H,6,8H2,1H3,(H,15,16)(H,17,18). The Bertz CT molecular complexity index is 671. The van der Waals surface area contributed by atoms with Crippen LogP contribution in [0.2, 0.25) is 0 Å². The van der Waals surface area contributed by atoms with E-state index in [-0.39, 0.29) is 0 Å². The van der Waals surface area contributed by atoms with E-state index in [1.54, 1.807) is 18.6 Å². The first-order valence-electron chi connectivity index (χ1n) is 6.50. The maximum absolute atomic E-state index is 4.32. The molecule has 102 valence electrons. The molecule has 3 aromatic rings. The molecule has 3 rings (SSSR count). The molecule has 0 aliphatic heterocycles. The van der Waals surface area contributed by atoms with Crippen LogP contribution in [-0.4, -0.2) is 31.0 Å². The van der Waals surface area contributed by atoms with Gasteiger partial charge in [0.25, 0.3) is 0 Å². The quantitative estimate of drug-likeness (QED) is 0.743. The van der Waals surface area contributed by atoms with Gasteiger partial charge in [0.2, 0.25) is 0 Å². The zero-order chi connectivity index (χ0) is 13.8. The SMILES string of the molecule is Cc1ccnc(NCCn2ccnc2-c2ncc[nH]2)c1. The van der Waals surface area contributed by atoms with Crippen LogP contribution < -0.4 is 5.32 Å². The Kier molecular flexibility index (Phi) is 3.45. The number of nitrogens with one attached hydrogen (secondary N) is 2. The summed E-state index contributed by atoms with van der Waals surface area (Å²) in [5.41, 5.74) is 1.20. The van der Waals surface area contributed by atoms with E-state index in [9.17, 15) is 0 Å². The van der Waals surface area contributed by atoms with E-state index in [1.165, 1.54) is 5.56 Å². The normalized spacial score (nSPS) is 10.7. The fraction of sp³-hybridized carbons (Fsp3) is 0.214. The third-order valence-corrected chi connectivity index (χ3v) is 3.00. The number of anilines is 1. The molecule has 0 amide bonds. The van der Waals surface area contributed by atoms with Crippen molar-refractivity contribution in [3.8, 4) is 11.6 Å². The largest absolute Gasteiger partial charge is 0.368 e. The second kappa shape index (κ2) is 5.56. The van der Waals surface area contributed by atoms with E-state index >= 15 is 0 Å². The number of hydrogen-bond acceptors (Lipinski definition) is 4. The van der Waals surface area contributed by atoms with Gasteiger partial charge in [0.15, 0.2) is 11.6 Å². The molecule has 0 aromatic carbocycles. The number of aryl methyl sites for hydroxylation is 1. The van der Waals surface area contributed by atoms with Gasteiger partial charge in [-0.05, 0) is 24.6 Å². The number of aromatic amines is 1. The minimum absolute atomic E-state index is 0.778. The third kappa shape index (κ3) is 2.69. The lowest BCUT2D eigenvalue weighted by atomic mass is 10.3. The molecule has 0 atom stereocenters. The third-order valence-electron chi connectivity index (χ3n) is 3.00. The number of hydrogen-bond donors (Lipinski definition) is 2. The van der Waals surface area contributed by atoms with Crippen LogP contribution in [0.25, 0.3) is 11.6 Å². The van der Waals surface area contributed by atoms with Gasteiger partial charge in [0.1, 0.15) is 5.82 Å². The highest BCUT2D eigenvalue weighted by molar-refractivity contribution is 5.43. The predicted molar refractivity (Wildman–Crippen MR) is 77.3 cm³/mol.